The zero-order valence-corrected chi connectivity index (χ0v) is 18.2. The zero-order valence-electron chi connectivity index (χ0n) is 18.2. The van der Waals surface area contributed by atoms with E-state index in [0.29, 0.717) is 0 Å². The van der Waals surface area contributed by atoms with E-state index < -0.39 is 12.2 Å². The molecule has 2 amide bonds. The summed E-state index contributed by atoms with van der Waals surface area (Å²) >= 11 is 0. The molecule has 0 aliphatic carbocycles. The van der Waals surface area contributed by atoms with Crippen molar-refractivity contribution in [1.82, 2.24) is 15.2 Å². The molecule has 0 aliphatic rings. The lowest BCUT2D eigenvalue weighted by molar-refractivity contribution is 0.196. The molecule has 0 unspecified atom stereocenters. The molecule has 9 heteroatoms. The minimum Gasteiger partial charge on any atom is -0.465 e. The topological polar surface area (TPSA) is 144 Å². The van der Waals surface area contributed by atoms with Gasteiger partial charge in [-0.1, -0.05) is 60.7 Å². The summed E-state index contributed by atoms with van der Waals surface area (Å²) in [5, 5.41) is 38.7. The first kappa shape index (κ1) is 26.2. The fourth-order valence-corrected chi connectivity index (χ4v) is 3.01. The van der Waals surface area contributed by atoms with Crippen LogP contribution in [0.3, 0.4) is 0 Å². The van der Waals surface area contributed by atoms with Crippen LogP contribution < -0.4 is 10.6 Å². The third-order valence-electron chi connectivity index (χ3n) is 4.47. The molecule has 0 radical (unpaired) electrons. The van der Waals surface area contributed by atoms with Crippen molar-refractivity contribution in [3.05, 3.63) is 71.9 Å². The number of carboxylic acid groups (broad SMARTS) is 2. The van der Waals surface area contributed by atoms with Crippen LogP contribution in [0.2, 0.25) is 0 Å². The van der Waals surface area contributed by atoms with Gasteiger partial charge in [-0.3, -0.25) is 0 Å². The van der Waals surface area contributed by atoms with Crippen LogP contribution in [0.4, 0.5) is 9.59 Å². The maximum Gasteiger partial charge on any atom is 0.404 e. The molecule has 0 spiro atoms. The molecule has 9 nitrogen and oxygen atoms in total. The monoisotopic (exact) mass is 443 g/mol. The first-order chi connectivity index (χ1) is 15.3. The van der Waals surface area contributed by atoms with E-state index in [1.165, 1.54) is 14.1 Å². The fraction of sp³-hybridized carbons (Fsp3) is 0.217. The van der Waals surface area contributed by atoms with Gasteiger partial charge in [-0.2, -0.15) is 0 Å². The van der Waals surface area contributed by atoms with E-state index in [0.717, 1.165) is 33.6 Å². The number of aromatic nitrogens is 1. The maximum absolute atomic E-state index is 9.85. The third-order valence-corrected chi connectivity index (χ3v) is 4.47. The van der Waals surface area contributed by atoms with Crippen LogP contribution in [0, 0.1) is 0 Å². The van der Waals surface area contributed by atoms with Crippen LogP contribution in [0.15, 0.2) is 60.7 Å². The quantitative estimate of drug-likeness (QED) is 0.366. The predicted molar refractivity (Wildman–Crippen MR) is 122 cm³/mol. The van der Waals surface area contributed by atoms with Crippen molar-refractivity contribution in [2.75, 3.05) is 14.1 Å². The number of rotatable bonds is 4. The summed E-state index contributed by atoms with van der Waals surface area (Å²) in [6.07, 6.45) is -1.99. The highest BCUT2D eigenvalue weighted by atomic mass is 16.4. The van der Waals surface area contributed by atoms with Crippen molar-refractivity contribution in [2.24, 2.45) is 7.05 Å². The standard InChI is InChI=1S/C19H19NO2.2C2H5NO2/c1-20-17(13-22)16(12-21)18(14-8-4-2-5-9-14)19(20)15-10-6-3-7-11-15;2*1-3-2(4)5/h2-11,21-22H,12-13H2,1H3;2*3H,1H3,(H,4,5). The lowest BCUT2D eigenvalue weighted by Gasteiger charge is -2.09. The fourth-order valence-electron chi connectivity index (χ4n) is 3.01. The number of amides is 2. The summed E-state index contributed by atoms with van der Waals surface area (Å²) in [5.41, 5.74) is 5.65. The van der Waals surface area contributed by atoms with Gasteiger partial charge in [0.25, 0.3) is 0 Å². The first-order valence-electron chi connectivity index (χ1n) is 9.66. The largest absolute Gasteiger partial charge is 0.465 e. The maximum atomic E-state index is 9.85. The lowest BCUT2D eigenvalue weighted by atomic mass is 9.97. The summed E-state index contributed by atoms with van der Waals surface area (Å²) in [6, 6.07) is 20.1. The number of aliphatic hydroxyl groups excluding tert-OH is 2. The average molecular weight is 444 g/mol. The number of benzene rings is 2. The second-order valence-corrected chi connectivity index (χ2v) is 6.37. The van der Waals surface area contributed by atoms with Gasteiger partial charge < -0.3 is 35.6 Å². The molecule has 32 heavy (non-hydrogen) atoms. The molecule has 0 bridgehead atoms. The van der Waals surface area contributed by atoms with Crippen LogP contribution in [-0.2, 0) is 20.3 Å². The Bertz CT molecular complexity index is 974. The Morgan fingerprint density at radius 2 is 1.19 bits per heavy atom. The van der Waals surface area contributed by atoms with E-state index in [1.807, 2.05) is 82.9 Å². The molecule has 0 aliphatic heterocycles. The minimum atomic E-state index is -0.995. The van der Waals surface area contributed by atoms with E-state index >= 15 is 0 Å². The Labute approximate surface area is 186 Å². The van der Waals surface area contributed by atoms with E-state index in [2.05, 4.69) is 0 Å². The Morgan fingerprint density at radius 1 is 0.781 bits per heavy atom. The Morgan fingerprint density at radius 3 is 1.53 bits per heavy atom. The van der Waals surface area contributed by atoms with Crippen LogP contribution >= 0.6 is 0 Å². The molecule has 1 heterocycles. The van der Waals surface area contributed by atoms with E-state index in [9.17, 15) is 19.8 Å². The molecule has 0 saturated heterocycles. The van der Waals surface area contributed by atoms with E-state index in [1.54, 1.807) is 0 Å². The van der Waals surface area contributed by atoms with Crippen molar-refractivity contribution >= 4 is 12.2 Å². The number of hydrogen-bond acceptors (Lipinski definition) is 4. The summed E-state index contributed by atoms with van der Waals surface area (Å²) in [5.74, 6) is 0. The highest BCUT2D eigenvalue weighted by Gasteiger charge is 2.21. The van der Waals surface area contributed by atoms with Crippen molar-refractivity contribution in [3.8, 4) is 22.4 Å². The second-order valence-electron chi connectivity index (χ2n) is 6.37. The summed E-state index contributed by atoms with van der Waals surface area (Å²) < 4.78 is 1.98. The van der Waals surface area contributed by atoms with Gasteiger partial charge in [-0.25, -0.2) is 9.59 Å². The highest BCUT2D eigenvalue weighted by molar-refractivity contribution is 5.85. The third kappa shape index (κ3) is 7.15. The van der Waals surface area contributed by atoms with Gasteiger partial charge in [0.05, 0.1) is 18.9 Å². The molecule has 0 saturated carbocycles. The van der Waals surface area contributed by atoms with Gasteiger partial charge in [0.15, 0.2) is 0 Å². The number of hydrogen-bond donors (Lipinski definition) is 6. The summed E-state index contributed by atoms with van der Waals surface area (Å²) in [4.78, 5) is 18.5. The molecule has 1 aromatic heterocycles. The van der Waals surface area contributed by atoms with Crippen molar-refractivity contribution in [2.45, 2.75) is 13.2 Å². The second kappa shape index (κ2) is 13.5. The normalized spacial score (nSPS) is 9.53. The molecular formula is C23H29N3O6. The molecule has 172 valence electrons. The molecular weight excluding hydrogens is 414 g/mol. The van der Waals surface area contributed by atoms with Gasteiger partial charge >= 0.3 is 12.2 Å². The molecule has 3 aromatic rings. The average Bonchev–Trinajstić information content (AvgIpc) is 3.12. The zero-order chi connectivity index (χ0) is 24.1. The number of nitrogens with zero attached hydrogens (tertiary/aromatic N) is 1. The number of aliphatic hydroxyl groups is 2. The first-order valence-corrected chi connectivity index (χ1v) is 9.66. The Kier molecular flexibility index (Phi) is 11.0. The molecule has 0 fully saturated rings. The highest BCUT2D eigenvalue weighted by Crippen LogP contribution is 2.38. The van der Waals surface area contributed by atoms with Crippen LogP contribution in [-0.4, -0.2) is 51.3 Å². The van der Waals surface area contributed by atoms with Gasteiger partial charge in [0.1, 0.15) is 0 Å². The van der Waals surface area contributed by atoms with Crippen LogP contribution in [0.25, 0.3) is 22.4 Å². The van der Waals surface area contributed by atoms with Crippen molar-refractivity contribution in [1.29, 1.82) is 0 Å². The smallest absolute Gasteiger partial charge is 0.404 e. The molecule has 6 N–H and O–H groups in total. The van der Waals surface area contributed by atoms with Gasteiger partial charge in [-0.15, -0.1) is 0 Å². The Hall–Kier alpha value is -3.82. The number of carbonyl (C=O) groups is 2. The summed E-state index contributed by atoms with van der Waals surface area (Å²) in [7, 11) is 4.63. The minimum absolute atomic E-state index is 0.0964. The lowest BCUT2D eigenvalue weighted by Crippen LogP contribution is -2.13. The van der Waals surface area contributed by atoms with Crippen molar-refractivity contribution in [3.63, 3.8) is 0 Å². The SMILES string of the molecule is CNC(=O)O.CNC(=O)O.Cn1c(CO)c(CO)c(-c2ccccc2)c1-c1ccccc1. The van der Waals surface area contributed by atoms with Crippen LogP contribution in [0.1, 0.15) is 11.3 Å². The van der Waals surface area contributed by atoms with Gasteiger partial charge in [0.2, 0.25) is 0 Å². The summed E-state index contributed by atoms with van der Waals surface area (Å²) in [6.45, 7) is -0.195. The molecule has 3 rings (SSSR count). The van der Waals surface area contributed by atoms with Crippen LogP contribution in [0.5, 0.6) is 0 Å². The van der Waals surface area contributed by atoms with E-state index in [4.69, 9.17) is 10.2 Å². The molecule has 2 aromatic carbocycles. The Balaban J connectivity index is 0.000000431. The van der Waals surface area contributed by atoms with E-state index in [-0.39, 0.29) is 13.2 Å². The van der Waals surface area contributed by atoms with Gasteiger partial charge in [-0.05, 0) is 11.1 Å². The molecule has 0 atom stereocenters. The van der Waals surface area contributed by atoms with Gasteiger partial charge in [0, 0.05) is 38.0 Å². The van der Waals surface area contributed by atoms with Crippen molar-refractivity contribution < 1.29 is 30.0 Å². The number of nitrogens with one attached hydrogen (secondary N) is 2. The predicted octanol–water partition coefficient (Wildman–Crippen LogP) is 3.11.